The van der Waals surface area contributed by atoms with Crippen molar-refractivity contribution in [2.75, 3.05) is 20.2 Å². The van der Waals surface area contributed by atoms with Crippen molar-refractivity contribution in [1.82, 2.24) is 4.90 Å². The zero-order valence-corrected chi connectivity index (χ0v) is 10.9. The molecule has 1 saturated heterocycles. The molecule has 1 aromatic rings. The van der Waals surface area contributed by atoms with Crippen molar-refractivity contribution in [3.8, 4) is 5.75 Å². The first-order chi connectivity index (χ1) is 9.37. The Bertz CT molecular complexity index is 540. The zero-order chi connectivity index (χ0) is 14.5. The van der Waals surface area contributed by atoms with Crippen LogP contribution in [0.1, 0.15) is 12.0 Å². The summed E-state index contributed by atoms with van der Waals surface area (Å²) in [6.07, 6.45) is -3.93. The molecule has 0 radical (unpaired) electrons. The number of hydrogen-bond acceptors (Lipinski definition) is 2. The lowest BCUT2D eigenvalue weighted by Gasteiger charge is -2.22. The minimum atomic E-state index is -4.78. The molecule has 3 rings (SSSR count). The SMILES string of the molecule is COc1ccc([C@]23C[C@H]2CN(C(=O)C(F)(F)F)C3)cc1. The molecule has 2 aliphatic rings. The highest BCUT2D eigenvalue weighted by molar-refractivity contribution is 5.82. The van der Waals surface area contributed by atoms with E-state index in [0.717, 1.165) is 16.9 Å². The molecular weight excluding hydrogens is 271 g/mol. The second-order valence-corrected chi connectivity index (χ2v) is 5.47. The van der Waals surface area contributed by atoms with Crippen LogP contribution >= 0.6 is 0 Å². The number of nitrogens with zero attached hydrogens (tertiary/aromatic N) is 1. The highest BCUT2D eigenvalue weighted by atomic mass is 19.4. The largest absolute Gasteiger partial charge is 0.497 e. The number of methoxy groups -OCH3 is 1. The van der Waals surface area contributed by atoms with Crippen LogP contribution in [0.15, 0.2) is 24.3 Å². The van der Waals surface area contributed by atoms with Gasteiger partial charge in [-0.15, -0.1) is 0 Å². The number of rotatable bonds is 2. The molecule has 1 heterocycles. The molecule has 0 unspecified atom stereocenters. The van der Waals surface area contributed by atoms with Crippen molar-refractivity contribution in [3.63, 3.8) is 0 Å². The van der Waals surface area contributed by atoms with Crippen molar-refractivity contribution in [2.24, 2.45) is 5.92 Å². The van der Waals surface area contributed by atoms with E-state index < -0.39 is 12.1 Å². The molecule has 0 spiro atoms. The quantitative estimate of drug-likeness (QED) is 0.835. The van der Waals surface area contributed by atoms with Crippen LogP contribution in [0.3, 0.4) is 0 Å². The van der Waals surface area contributed by atoms with Crippen LogP contribution in [0.4, 0.5) is 13.2 Å². The minimum absolute atomic E-state index is 0.141. The van der Waals surface area contributed by atoms with Gasteiger partial charge < -0.3 is 9.64 Å². The van der Waals surface area contributed by atoms with Crippen molar-refractivity contribution < 1.29 is 22.7 Å². The van der Waals surface area contributed by atoms with E-state index in [1.165, 1.54) is 0 Å². The molecule has 1 saturated carbocycles. The van der Waals surface area contributed by atoms with Crippen LogP contribution in [-0.2, 0) is 10.2 Å². The normalized spacial score (nSPS) is 28.2. The Kier molecular flexibility index (Phi) is 2.74. The molecule has 1 amide bonds. The second-order valence-electron chi connectivity index (χ2n) is 5.47. The Morgan fingerprint density at radius 2 is 2.00 bits per heavy atom. The Hall–Kier alpha value is -1.72. The van der Waals surface area contributed by atoms with Gasteiger partial charge in [0, 0.05) is 18.5 Å². The van der Waals surface area contributed by atoms with Crippen molar-refractivity contribution >= 4 is 5.91 Å². The monoisotopic (exact) mass is 285 g/mol. The second kappa shape index (κ2) is 4.14. The lowest BCUT2D eigenvalue weighted by molar-refractivity contribution is -0.184. The fourth-order valence-corrected chi connectivity index (χ4v) is 3.19. The van der Waals surface area contributed by atoms with Gasteiger partial charge in [0.1, 0.15) is 5.75 Å². The van der Waals surface area contributed by atoms with Crippen molar-refractivity contribution in [3.05, 3.63) is 29.8 Å². The van der Waals surface area contributed by atoms with E-state index in [4.69, 9.17) is 4.74 Å². The molecule has 0 bridgehead atoms. The number of fused-ring (bicyclic) bond motifs is 1. The van der Waals surface area contributed by atoms with Gasteiger partial charge in [0.15, 0.2) is 0 Å². The van der Waals surface area contributed by atoms with E-state index in [1.807, 2.05) is 12.1 Å². The van der Waals surface area contributed by atoms with Crippen molar-refractivity contribution in [1.29, 1.82) is 0 Å². The fourth-order valence-electron chi connectivity index (χ4n) is 3.19. The molecule has 0 aromatic heterocycles. The Morgan fingerprint density at radius 3 is 2.55 bits per heavy atom. The van der Waals surface area contributed by atoms with Gasteiger partial charge in [-0.3, -0.25) is 4.79 Å². The summed E-state index contributed by atoms with van der Waals surface area (Å²) in [6, 6.07) is 7.35. The van der Waals surface area contributed by atoms with E-state index in [1.54, 1.807) is 19.2 Å². The smallest absolute Gasteiger partial charge is 0.471 e. The summed E-state index contributed by atoms with van der Waals surface area (Å²) in [5.74, 6) is -0.872. The van der Waals surface area contributed by atoms with Crippen LogP contribution in [0.2, 0.25) is 0 Å². The van der Waals surface area contributed by atoms with Crippen LogP contribution < -0.4 is 4.74 Å². The van der Waals surface area contributed by atoms with E-state index in [2.05, 4.69) is 0 Å². The van der Waals surface area contributed by atoms with Crippen LogP contribution in [0.5, 0.6) is 5.75 Å². The number of ether oxygens (including phenoxy) is 1. The van der Waals surface area contributed by atoms with E-state index >= 15 is 0 Å². The number of alkyl halides is 3. The van der Waals surface area contributed by atoms with Gasteiger partial charge in [0.05, 0.1) is 7.11 Å². The third-order valence-corrected chi connectivity index (χ3v) is 4.34. The standard InChI is InChI=1S/C14H14F3NO2/c1-20-11-4-2-9(3-5-11)13-6-10(13)7-18(8-13)12(19)14(15,16)17/h2-5,10H,6-8H2,1H3/t10-,13+/m0/s1. The first-order valence-corrected chi connectivity index (χ1v) is 6.37. The summed E-state index contributed by atoms with van der Waals surface area (Å²) in [5, 5.41) is 0. The van der Waals surface area contributed by atoms with Crippen LogP contribution in [0, 0.1) is 5.92 Å². The molecule has 2 atom stereocenters. The zero-order valence-electron chi connectivity index (χ0n) is 10.9. The van der Waals surface area contributed by atoms with Crippen LogP contribution in [0.25, 0.3) is 0 Å². The summed E-state index contributed by atoms with van der Waals surface area (Å²) in [6.45, 7) is 0.354. The molecule has 1 aliphatic carbocycles. The average molecular weight is 285 g/mol. The highest BCUT2D eigenvalue weighted by Gasteiger charge is 2.63. The van der Waals surface area contributed by atoms with Crippen molar-refractivity contribution in [2.45, 2.75) is 18.0 Å². The van der Waals surface area contributed by atoms with Gasteiger partial charge in [-0.25, -0.2) is 0 Å². The predicted molar refractivity (Wildman–Crippen MR) is 65.4 cm³/mol. The van der Waals surface area contributed by atoms with Gasteiger partial charge in [-0.05, 0) is 30.0 Å². The summed E-state index contributed by atoms with van der Waals surface area (Å²) in [4.78, 5) is 12.2. The molecule has 20 heavy (non-hydrogen) atoms. The molecular formula is C14H14F3NO2. The molecule has 1 aromatic carbocycles. The van der Waals surface area contributed by atoms with Gasteiger partial charge in [0.2, 0.25) is 0 Å². The summed E-state index contributed by atoms with van der Waals surface area (Å²) in [5.41, 5.74) is 0.702. The van der Waals surface area contributed by atoms with E-state index in [-0.39, 0.29) is 24.4 Å². The van der Waals surface area contributed by atoms with E-state index in [0.29, 0.717) is 5.75 Å². The maximum absolute atomic E-state index is 12.5. The third-order valence-electron chi connectivity index (χ3n) is 4.34. The molecule has 6 heteroatoms. The number of piperidine rings is 1. The first-order valence-electron chi connectivity index (χ1n) is 6.37. The number of carbonyl (C=O) groups excluding carboxylic acids is 1. The summed E-state index contributed by atoms with van der Waals surface area (Å²) >= 11 is 0. The average Bonchev–Trinajstić information content (AvgIpc) is 2.99. The summed E-state index contributed by atoms with van der Waals surface area (Å²) in [7, 11) is 1.56. The van der Waals surface area contributed by atoms with E-state index in [9.17, 15) is 18.0 Å². The number of benzene rings is 1. The number of amides is 1. The predicted octanol–water partition coefficient (Wildman–Crippen LogP) is 2.36. The minimum Gasteiger partial charge on any atom is -0.497 e. The van der Waals surface area contributed by atoms with Gasteiger partial charge >= 0.3 is 12.1 Å². The Balaban J connectivity index is 1.78. The first kappa shape index (κ1) is 13.3. The third kappa shape index (κ3) is 1.94. The van der Waals surface area contributed by atoms with Gasteiger partial charge in [-0.1, -0.05) is 12.1 Å². The van der Waals surface area contributed by atoms with Gasteiger partial charge in [-0.2, -0.15) is 13.2 Å². The number of halogens is 3. The Labute approximate surface area is 114 Å². The molecule has 108 valence electrons. The lowest BCUT2D eigenvalue weighted by atomic mass is 9.95. The maximum atomic E-state index is 12.5. The molecule has 0 N–H and O–H groups in total. The topological polar surface area (TPSA) is 29.5 Å². The number of hydrogen-bond donors (Lipinski definition) is 0. The molecule has 3 nitrogen and oxygen atoms in total. The molecule has 1 aliphatic heterocycles. The summed E-state index contributed by atoms with van der Waals surface area (Å²) < 4.78 is 42.5. The highest BCUT2D eigenvalue weighted by Crippen LogP contribution is 2.59. The van der Waals surface area contributed by atoms with Gasteiger partial charge in [0.25, 0.3) is 0 Å². The Morgan fingerprint density at radius 1 is 1.35 bits per heavy atom. The maximum Gasteiger partial charge on any atom is 0.471 e. The number of likely N-dealkylation sites (tertiary alicyclic amines) is 1. The fraction of sp³-hybridized carbons (Fsp3) is 0.500. The van der Waals surface area contributed by atoms with Crippen LogP contribution in [-0.4, -0.2) is 37.2 Å². The lowest BCUT2D eigenvalue weighted by Crippen LogP contribution is -2.41. The molecule has 2 fully saturated rings. The number of carbonyl (C=O) groups is 1.